The van der Waals surface area contributed by atoms with Gasteiger partial charge in [-0.2, -0.15) is 0 Å². The molecule has 3 rings (SSSR count). The van der Waals surface area contributed by atoms with Crippen LogP contribution in [0.5, 0.6) is 11.5 Å². The first-order valence-electron chi connectivity index (χ1n) is 7.25. The van der Waals surface area contributed by atoms with Gasteiger partial charge in [0, 0.05) is 25.3 Å². The molecule has 0 aliphatic carbocycles. The third-order valence-electron chi connectivity index (χ3n) is 3.61. The summed E-state index contributed by atoms with van der Waals surface area (Å²) in [6.07, 6.45) is 0. The maximum Gasteiger partial charge on any atom is 0.127 e. The maximum atomic E-state index is 5.84. The molecule has 4 nitrogen and oxygen atoms in total. The van der Waals surface area contributed by atoms with Gasteiger partial charge in [0.1, 0.15) is 11.5 Å². The number of rotatable bonds is 4. The molecule has 0 saturated carbocycles. The van der Waals surface area contributed by atoms with E-state index in [2.05, 4.69) is 17.0 Å². The predicted molar refractivity (Wildman–Crippen MR) is 83.9 cm³/mol. The summed E-state index contributed by atoms with van der Waals surface area (Å²) >= 11 is 0. The molecule has 1 aliphatic rings. The third kappa shape index (κ3) is 3.54. The van der Waals surface area contributed by atoms with Crippen LogP contribution in [0.1, 0.15) is 5.56 Å². The van der Waals surface area contributed by atoms with Gasteiger partial charge in [-0.05, 0) is 42.0 Å². The second-order valence-corrected chi connectivity index (χ2v) is 5.04. The van der Waals surface area contributed by atoms with Crippen LogP contribution in [0.2, 0.25) is 0 Å². The Labute approximate surface area is 125 Å². The molecule has 0 bridgehead atoms. The van der Waals surface area contributed by atoms with Crippen molar-refractivity contribution in [1.82, 2.24) is 0 Å². The van der Waals surface area contributed by atoms with Crippen molar-refractivity contribution in [3.63, 3.8) is 0 Å². The van der Waals surface area contributed by atoms with Gasteiger partial charge in [-0.15, -0.1) is 0 Å². The lowest BCUT2D eigenvalue weighted by atomic mass is 10.2. The number of nitrogens with two attached hydrogens (primary N) is 1. The fourth-order valence-electron chi connectivity index (χ4n) is 2.38. The Morgan fingerprint density at radius 2 is 1.48 bits per heavy atom. The van der Waals surface area contributed by atoms with E-state index in [1.807, 2.05) is 36.4 Å². The molecule has 0 amide bonds. The average Bonchev–Trinajstić information content (AvgIpc) is 2.57. The van der Waals surface area contributed by atoms with E-state index in [-0.39, 0.29) is 0 Å². The fraction of sp³-hybridized carbons (Fsp3) is 0.294. The van der Waals surface area contributed by atoms with Gasteiger partial charge in [-0.25, -0.2) is 0 Å². The zero-order valence-corrected chi connectivity index (χ0v) is 12.0. The lowest BCUT2D eigenvalue weighted by molar-refractivity contribution is 0.122. The number of hydrogen-bond donors (Lipinski definition) is 1. The Bertz CT molecular complexity index is 560. The summed E-state index contributed by atoms with van der Waals surface area (Å²) in [7, 11) is 0. The van der Waals surface area contributed by atoms with Crippen LogP contribution in [-0.4, -0.2) is 26.3 Å². The molecule has 0 spiro atoms. The molecule has 1 saturated heterocycles. The van der Waals surface area contributed by atoms with Crippen LogP contribution in [0.3, 0.4) is 0 Å². The minimum absolute atomic E-state index is 0.550. The van der Waals surface area contributed by atoms with Gasteiger partial charge in [0.25, 0.3) is 0 Å². The van der Waals surface area contributed by atoms with Gasteiger partial charge in [0.15, 0.2) is 0 Å². The van der Waals surface area contributed by atoms with Crippen molar-refractivity contribution in [3.8, 4) is 11.5 Å². The van der Waals surface area contributed by atoms with E-state index in [9.17, 15) is 0 Å². The van der Waals surface area contributed by atoms with Crippen LogP contribution in [-0.2, 0) is 11.3 Å². The second kappa shape index (κ2) is 6.61. The van der Waals surface area contributed by atoms with Gasteiger partial charge in [0.05, 0.1) is 13.2 Å². The molecular weight excluding hydrogens is 264 g/mol. The van der Waals surface area contributed by atoms with Crippen molar-refractivity contribution in [2.45, 2.75) is 6.54 Å². The molecule has 1 heterocycles. The normalized spacial score (nSPS) is 15.0. The van der Waals surface area contributed by atoms with Crippen molar-refractivity contribution in [3.05, 3.63) is 54.1 Å². The molecule has 1 aliphatic heterocycles. The SMILES string of the molecule is NCc1ccc(Oc2ccc(N3CCOCC3)cc2)cc1. The van der Waals surface area contributed by atoms with E-state index in [0.29, 0.717) is 6.54 Å². The Kier molecular flexibility index (Phi) is 4.38. The number of hydrogen-bond acceptors (Lipinski definition) is 4. The summed E-state index contributed by atoms with van der Waals surface area (Å²) in [5.74, 6) is 1.67. The Morgan fingerprint density at radius 1 is 0.905 bits per heavy atom. The largest absolute Gasteiger partial charge is 0.457 e. The Morgan fingerprint density at radius 3 is 2.05 bits per heavy atom. The van der Waals surface area contributed by atoms with E-state index in [0.717, 1.165) is 43.4 Å². The van der Waals surface area contributed by atoms with Crippen LogP contribution >= 0.6 is 0 Å². The lowest BCUT2D eigenvalue weighted by Crippen LogP contribution is -2.36. The van der Waals surface area contributed by atoms with Crippen molar-refractivity contribution < 1.29 is 9.47 Å². The van der Waals surface area contributed by atoms with Crippen molar-refractivity contribution >= 4 is 5.69 Å². The summed E-state index contributed by atoms with van der Waals surface area (Å²) in [5, 5.41) is 0. The summed E-state index contributed by atoms with van der Waals surface area (Å²) < 4.78 is 11.2. The highest BCUT2D eigenvalue weighted by Crippen LogP contribution is 2.25. The first-order valence-corrected chi connectivity index (χ1v) is 7.25. The van der Waals surface area contributed by atoms with Gasteiger partial charge in [0.2, 0.25) is 0 Å². The molecule has 2 aromatic rings. The summed E-state index contributed by atoms with van der Waals surface area (Å²) in [6.45, 7) is 4.04. The van der Waals surface area contributed by atoms with Gasteiger partial charge in [-0.1, -0.05) is 12.1 Å². The molecule has 0 aromatic heterocycles. The number of anilines is 1. The Hall–Kier alpha value is -2.04. The minimum Gasteiger partial charge on any atom is -0.457 e. The van der Waals surface area contributed by atoms with Gasteiger partial charge >= 0.3 is 0 Å². The molecule has 2 aromatic carbocycles. The number of ether oxygens (including phenoxy) is 2. The lowest BCUT2D eigenvalue weighted by Gasteiger charge is -2.28. The third-order valence-corrected chi connectivity index (χ3v) is 3.61. The number of benzene rings is 2. The molecule has 2 N–H and O–H groups in total. The van der Waals surface area contributed by atoms with E-state index in [1.165, 1.54) is 5.69 Å². The first kappa shape index (κ1) is 13.9. The van der Waals surface area contributed by atoms with E-state index >= 15 is 0 Å². The standard InChI is InChI=1S/C17H20N2O2/c18-13-14-1-5-16(6-2-14)21-17-7-3-15(4-8-17)19-9-11-20-12-10-19/h1-8H,9-13,18H2. The van der Waals surface area contributed by atoms with E-state index in [4.69, 9.17) is 15.2 Å². The topological polar surface area (TPSA) is 47.7 Å². The summed E-state index contributed by atoms with van der Waals surface area (Å²) in [4.78, 5) is 2.32. The Balaban J connectivity index is 1.65. The zero-order valence-electron chi connectivity index (χ0n) is 12.0. The summed E-state index contributed by atoms with van der Waals surface area (Å²) in [5.41, 5.74) is 7.90. The number of morpholine rings is 1. The average molecular weight is 284 g/mol. The molecule has 4 heteroatoms. The van der Waals surface area contributed by atoms with Gasteiger partial charge < -0.3 is 20.1 Å². The van der Waals surface area contributed by atoms with Crippen LogP contribution in [0.4, 0.5) is 5.69 Å². The molecule has 110 valence electrons. The van der Waals surface area contributed by atoms with Crippen LogP contribution in [0.15, 0.2) is 48.5 Å². The monoisotopic (exact) mass is 284 g/mol. The molecule has 0 radical (unpaired) electrons. The smallest absolute Gasteiger partial charge is 0.127 e. The van der Waals surface area contributed by atoms with Crippen molar-refractivity contribution in [2.75, 3.05) is 31.2 Å². The van der Waals surface area contributed by atoms with E-state index < -0.39 is 0 Å². The highest BCUT2D eigenvalue weighted by molar-refractivity contribution is 5.50. The highest BCUT2D eigenvalue weighted by Gasteiger charge is 2.10. The summed E-state index contributed by atoms with van der Waals surface area (Å²) in [6, 6.07) is 16.0. The maximum absolute atomic E-state index is 5.84. The van der Waals surface area contributed by atoms with E-state index in [1.54, 1.807) is 0 Å². The van der Waals surface area contributed by atoms with Crippen LogP contribution in [0.25, 0.3) is 0 Å². The first-order chi connectivity index (χ1) is 10.3. The fourth-order valence-corrected chi connectivity index (χ4v) is 2.38. The van der Waals surface area contributed by atoms with Crippen molar-refractivity contribution in [1.29, 1.82) is 0 Å². The van der Waals surface area contributed by atoms with Crippen LogP contribution < -0.4 is 15.4 Å². The van der Waals surface area contributed by atoms with Crippen LogP contribution in [0, 0.1) is 0 Å². The molecule has 0 atom stereocenters. The molecule has 0 unspecified atom stereocenters. The minimum atomic E-state index is 0.550. The zero-order chi connectivity index (χ0) is 14.5. The molecular formula is C17H20N2O2. The van der Waals surface area contributed by atoms with Gasteiger partial charge in [-0.3, -0.25) is 0 Å². The molecule has 21 heavy (non-hydrogen) atoms. The molecule has 1 fully saturated rings. The highest BCUT2D eigenvalue weighted by atomic mass is 16.5. The second-order valence-electron chi connectivity index (χ2n) is 5.04. The van der Waals surface area contributed by atoms with Crippen molar-refractivity contribution in [2.24, 2.45) is 5.73 Å². The number of nitrogens with zero attached hydrogens (tertiary/aromatic N) is 1. The quantitative estimate of drug-likeness (QED) is 0.938. The predicted octanol–water partition coefficient (Wildman–Crippen LogP) is 2.77.